The zero-order valence-corrected chi connectivity index (χ0v) is 86.6. The molecule has 1 unspecified atom stereocenters. The van der Waals surface area contributed by atoms with Crippen molar-refractivity contribution in [3.05, 3.63) is 594 Å². The van der Waals surface area contributed by atoms with Crippen LogP contribution in [0.4, 0.5) is 17.1 Å². The van der Waals surface area contributed by atoms with Crippen LogP contribution >= 0.6 is 28.2 Å². The molecule has 12 heteroatoms. The second-order valence-electron chi connectivity index (χ2n) is 38.6. The predicted molar refractivity (Wildman–Crippen MR) is 612 cm³/mol. The number of aryl methyl sites for hydroxylation is 4. The van der Waals surface area contributed by atoms with E-state index >= 15 is 0 Å². The van der Waals surface area contributed by atoms with E-state index in [4.69, 9.17) is 0 Å². The van der Waals surface area contributed by atoms with E-state index in [1.54, 1.807) is 0 Å². The Labute approximate surface area is 854 Å². The zero-order valence-electron chi connectivity index (χ0n) is 83.0. The van der Waals surface area contributed by atoms with Crippen molar-refractivity contribution in [2.45, 2.75) is 57.3 Å². The lowest BCUT2D eigenvalue weighted by Crippen LogP contribution is -2.71. The molecule has 18 aromatic rings. The number of nitrogens with zero attached hydrogens (tertiary/aromatic N) is 7. The zero-order chi connectivity index (χ0) is 97.7. The van der Waals surface area contributed by atoms with Crippen LogP contribution in [0.1, 0.15) is 81.6 Å². The quantitative estimate of drug-likeness (QED) is 0.0332. The van der Waals surface area contributed by atoms with Gasteiger partial charge in [-0.2, -0.15) is 9.13 Å². The van der Waals surface area contributed by atoms with E-state index in [0.29, 0.717) is 0 Å². The van der Waals surface area contributed by atoms with Gasteiger partial charge in [0.05, 0.1) is 44.4 Å². The first-order chi connectivity index (χ1) is 71.7. The Hall–Kier alpha value is -15.0. The standard InChI is InChI=1S/C127H115N8P4.C6H6/c1-128-136(103-64-22-8-23-65-103,104-66-24-9-25-67-104)92-46-54-96-50-38-42-80-111(96)123-115-84-86-117-124(112-81-43-39-51-97(112)55-47-93-137(105-68-26-10-27-69-105,106-70-28-11-29-71-106)129(2)100-58-16-5-17-59-100)119-88-90-121-126(114-83-45-41-53-99(114)57-49-95-139(109-76-34-14-35-77-109,110-78-36-15-37-79-110)131(4)102-62-20-7-21-63-102)122-91-89-120-125(118-87-85-116(123)133(118)127(132(115)117,134(119)121)135(120)122)113-82-44-40-52-98(113)56-48-94-138(107-72-30-12-31-73-107,108-74-32-13-33-75-108)130(3)101-60-18-6-19-61-101;1-2-4-6-5-3-1/h5-45,50-53,58-91H,46-49,54-57,92-95H2,1-4H3;1-6H/q+5;/p+1. The summed E-state index contributed by atoms with van der Waals surface area (Å²) in [5.41, 5.74) is 26.2. The molecule has 708 valence electrons. The molecule has 0 radical (unpaired) electrons. The molecule has 16 aromatic carbocycles. The molecule has 8 heterocycles. The first kappa shape index (κ1) is 93.7. The van der Waals surface area contributed by atoms with Crippen molar-refractivity contribution in [2.75, 3.05) is 52.8 Å². The summed E-state index contributed by atoms with van der Waals surface area (Å²) in [6, 6.07) is 185. The van der Waals surface area contributed by atoms with Gasteiger partial charge in [0.25, 0.3) is 0 Å². The summed E-state index contributed by atoms with van der Waals surface area (Å²) in [7, 11) is 0.208. The molecule has 6 aliphatic rings. The summed E-state index contributed by atoms with van der Waals surface area (Å²) in [5.74, 6) is -1.08. The van der Waals surface area contributed by atoms with Gasteiger partial charge >= 0.3 is 5.91 Å². The topological polar surface area (TPSA) is 38.9 Å². The summed E-state index contributed by atoms with van der Waals surface area (Å²) < 4.78 is 23.5. The summed E-state index contributed by atoms with van der Waals surface area (Å²) in [4.78, 5) is 0. The number of hydrogen-bond donors (Lipinski definition) is 1. The highest BCUT2D eigenvalue weighted by Gasteiger charge is 2.73. The van der Waals surface area contributed by atoms with Crippen LogP contribution in [-0.2, 0) is 31.6 Å². The van der Waals surface area contributed by atoms with Crippen molar-refractivity contribution in [3.8, 4) is 0 Å². The lowest BCUT2D eigenvalue weighted by atomic mass is 9.88. The molecule has 0 amide bonds. The number of nitrogens with one attached hydrogen (secondary N) is 1. The van der Waals surface area contributed by atoms with Gasteiger partial charge in [-0.25, -0.2) is 13.0 Å². The molecule has 0 fully saturated rings. The molecule has 1 atom stereocenters. The van der Waals surface area contributed by atoms with Crippen LogP contribution in [-0.4, -0.2) is 95.5 Å². The molecule has 0 aliphatic carbocycles. The molecule has 0 saturated carbocycles. The average molecular weight is 1960 g/mol. The largest absolute Gasteiger partial charge is 0.553 e. The Morgan fingerprint density at radius 1 is 0.234 bits per heavy atom. The van der Waals surface area contributed by atoms with Crippen LogP contribution < -0.4 is 57.9 Å². The first-order valence-electron chi connectivity index (χ1n) is 51.5. The molecule has 24 rings (SSSR count). The number of hydrogen-bond acceptors (Lipinski definition) is 0. The van der Waals surface area contributed by atoms with Crippen LogP contribution in [0.15, 0.2) is 527 Å². The maximum Gasteiger partial charge on any atom is 0.553 e. The van der Waals surface area contributed by atoms with Gasteiger partial charge < -0.3 is 0 Å². The molecule has 6 aliphatic heterocycles. The van der Waals surface area contributed by atoms with E-state index in [1.165, 1.54) is 171 Å². The van der Waals surface area contributed by atoms with Gasteiger partial charge in [0.15, 0.2) is 28.2 Å². The summed E-state index contributed by atoms with van der Waals surface area (Å²) >= 11 is 0. The first-order valence-corrected chi connectivity index (χ1v) is 59.2. The van der Waals surface area contributed by atoms with E-state index in [2.05, 4.69) is 543 Å². The molecule has 0 saturated heterocycles. The van der Waals surface area contributed by atoms with Gasteiger partial charge in [-0.3, -0.25) is 4.74 Å². The summed E-state index contributed by atoms with van der Waals surface area (Å²) in [5, 5.41) is 13.4. The minimum atomic E-state index is -2.33. The van der Waals surface area contributed by atoms with Crippen LogP contribution in [0.2, 0.25) is 0 Å². The van der Waals surface area contributed by atoms with E-state index in [-0.39, 0.29) is 0 Å². The van der Waals surface area contributed by atoms with Gasteiger partial charge in [0.2, 0.25) is 39.9 Å². The highest BCUT2D eigenvalue weighted by atomic mass is 31.2. The Kier molecular flexibility index (Phi) is 26.5. The Morgan fingerprint density at radius 3 is 0.731 bits per heavy atom. The molecule has 1 N–H and O–H groups in total. The second kappa shape index (κ2) is 41.0. The number of allylic oxidation sites excluding steroid dienone is 4. The highest BCUT2D eigenvalue weighted by molar-refractivity contribution is 7.80. The Balaban J connectivity index is 0.00000187. The van der Waals surface area contributed by atoms with E-state index in [0.717, 1.165) is 76.0 Å². The van der Waals surface area contributed by atoms with E-state index in [9.17, 15) is 0 Å². The smallest absolute Gasteiger partial charge is 0.267 e. The minimum absolute atomic E-state index is 0.857. The number of aromatic nitrogens is 2. The predicted octanol–water partition coefficient (Wildman–Crippen LogP) is 23.9. The molecule has 1 spiro atoms. The van der Waals surface area contributed by atoms with Gasteiger partial charge in [-0.05, 0) is 217 Å². The van der Waals surface area contributed by atoms with E-state index in [1.807, 2.05) is 36.4 Å². The van der Waals surface area contributed by atoms with Crippen molar-refractivity contribution in [1.82, 2.24) is 9.13 Å². The fourth-order valence-electron chi connectivity index (χ4n) is 24.6. The van der Waals surface area contributed by atoms with Crippen LogP contribution in [0, 0.1) is 0 Å². The number of rotatable bonds is 31. The van der Waals surface area contributed by atoms with Crippen LogP contribution in [0.3, 0.4) is 0 Å². The molecule has 8 nitrogen and oxygen atoms in total. The van der Waals surface area contributed by atoms with Crippen LogP contribution in [0.5, 0.6) is 0 Å². The van der Waals surface area contributed by atoms with Gasteiger partial charge in [0.1, 0.15) is 28.2 Å². The monoisotopic (exact) mass is 1950 g/mol. The Morgan fingerprint density at radius 2 is 0.462 bits per heavy atom. The third kappa shape index (κ3) is 16.4. The maximum atomic E-state index is 4.06. The molecule has 145 heavy (non-hydrogen) atoms. The fraction of sp³-hybridized carbons (Fsp3) is 0.128. The van der Waals surface area contributed by atoms with Crippen molar-refractivity contribution < 1.29 is 26.9 Å². The molecule has 2 aromatic heterocycles. The average Bonchev–Trinajstić information content (AvgIpc) is 1.47. The third-order valence-corrected chi connectivity index (χ3v) is 48.8. The SMILES string of the molecule is C[NH+]=P(CCCc1ccccc1C1=c2ccc3n2C24n5c(ccc5C(c5ccccc5CCCP(c5ccccc5)(c5ccccc5)=[N+](C)c5ccccc5)=C5C=CC(=[N+]52)C=3c2ccccc2CCCP(c2ccccc2)(c2ccccc2)=[N+](C)c2ccccc2)C(c2ccccc2CCCP(c2ccccc2)(c2ccccc2)=[N+](C)c2ccccc2)=C2C=CC1=[N+]24)(c1ccccc1)c1ccccc1.c1ccccc1. The lowest BCUT2D eigenvalue weighted by Gasteiger charge is -2.41. The third-order valence-electron chi connectivity index (χ3n) is 31.1. The molecular weight excluding hydrogens is 1830 g/mol. The van der Waals surface area contributed by atoms with Crippen molar-refractivity contribution in [1.29, 1.82) is 0 Å². The van der Waals surface area contributed by atoms with Crippen molar-refractivity contribution in [2.24, 2.45) is 0 Å². The van der Waals surface area contributed by atoms with Gasteiger partial charge in [-0.1, -0.05) is 343 Å². The molecule has 0 bridgehead atoms. The lowest BCUT2D eigenvalue weighted by molar-refractivity contribution is -0.834. The second-order valence-corrected chi connectivity index (χ2v) is 53.0. The van der Waals surface area contributed by atoms with Crippen molar-refractivity contribution >= 4 is 121 Å². The maximum absolute atomic E-state index is 4.06. The number of para-hydroxylation sites is 3. The van der Waals surface area contributed by atoms with Crippen LogP contribution in [0.25, 0.3) is 22.3 Å². The van der Waals surface area contributed by atoms with Crippen molar-refractivity contribution in [3.63, 3.8) is 0 Å². The van der Waals surface area contributed by atoms with E-state index < -0.39 is 34.1 Å². The summed E-state index contributed by atoms with van der Waals surface area (Å²) in [6.07, 6.45) is 21.3. The normalized spacial score (nSPS) is 14.6. The minimum Gasteiger partial charge on any atom is -0.267 e. The Bertz CT molecular complexity index is 8290. The van der Waals surface area contributed by atoms with Gasteiger partial charge in [-0.15, -0.1) is 0 Å². The molecular formula is C133H122N8P4+6. The summed E-state index contributed by atoms with van der Waals surface area (Å²) in [6.45, 7) is 0. The van der Waals surface area contributed by atoms with Gasteiger partial charge in [0, 0.05) is 128 Å². The fourth-order valence-corrected chi connectivity index (χ4v) is 41.0. The number of benzene rings is 16. The highest BCUT2D eigenvalue weighted by Crippen LogP contribution is 2.58.